The standard InChI is InChI=1S/C27H23N5O4S/c1-18-6-5-9-21(16-18)26-30-31-27(37-26)29-25(34)23(17-20-7-3-2-4-8-20)28-24(33)15-12-19-10-13-22(14-11-19)32(35)36/h2-16,23H,17H2,1H3,(H,28,33)(H,29,31,34)/b15-12+. The molecule has 0 aliphatic rings. The Kier molecular flexibility index (Phi) is 8.11. The molecule has 2 amide bonds. The highest BCUT2D eigenvalue weighted by molar-refractivity contribution is 7.18. The van der Waals surface area contributed by atoms with Crippen molar-refractivity contribution in [3.63, 3.8) is 0 Å². The quantitative estimate of drug-likeness (QED) is 0.188. The molecule has 9 nitrogen and oxygen atoms in total. The number of aryl methyl sites for hydroxylation is 1. The molecule has 2 N–H and O–H groups in total. The third-order valence-corrected chi connectivity index (χ3v) is 6.25. The fraction of sp³-hybridized carbons (Fsp3) is 0.111. The van der Waals surface area contributed by atoms with E-state index >= 15 is 0 Å². The lowest BCUT2D eigenvalue weighted by atomic mass is 10.1. The third-order valence-electron chi connectivity index (χ3n) is 5.37. The number of non-ortho nitro benzene ring substituents is 1. The monoisotopic (exact) mass is 513 g/mol. The smallest absolute Gasteiger partial charge is 0.269 e. The van der Waals surface area contributed by atoms with Gasteiger partial charge in [-0.2, -0.15) is 0 Å². The minimum absolute atomic E-state index is 0.0385. The number of rotatable bonds is 9. The van der Waals surface area contributed by atoms with Crippen LogP contribution in [0.15, 0.2) is 84.9 Å². The molecule has 1 aromatic heterocycles. The van der Waals surface area contributed by atoms with Crippen LogP contribution in [0.25, 0.3) is 16.6 Å². The van der Waals surface area contributed by atoms with E-state index in [1.165, 1.54) is 47.8 Å². The number of benzene rings is 3. The molecule has 0 aliphatic carbocycles. The van der Waals surface area contributed by atoms with Crippen molar-refractivity contribution in [2.24, 2.45) is 0 Å². The first kappa shape index (κ1) is 25.4. The van der Waals surface area contributed by atoms with Gasteiger partial charge in [-0.25, -0.2) is 0 Å². The van der Waals surface area contributed by atoms with Gasteiger partial charge in [0, 0.05) is 30.2 Å². The Morgan fingerprint density at radius 3 is 2.49 bits per heavy atom. The van der Waals surface area contributed by atoms with Crippen molar-refractivity contribution >= 4 is 40.0 Å². The molecule has 4 rings (SSSR count). The lowest BCUT2D eigenvalue weighted by Crippen LogP contribution is -2.44. The Balaban J connectivity index is 1.46. The van der Waals surface area contributed by atoms with E-state index < -0.39 is 22.8 Å². The summed E-state index contributed by atoms with van der Waals surface area (Å²) in [4.78, 5) is 36.1. The van der Waals surface area contributed by atoms with Crippen molar-refractivity contribution in [3.05, 3.63) is 112 Å². The van der Waals surface area contributed by atoms with Crippen LogP contribution in [0.4, 0.5) is 10.8 Å². The van der Waals surface area contributed by atoms with Gasteiger partial charge < -0.3 is 5.32 Å². The molecule has 0 bridgehead atoms. The van der Waals surface area contributed by atoms with Gasteiger partial charge in [-0.1, -0.05) is 65.4 Å². The summed E-state index contributed by atoms with van der Waals surface area (Å²) in [6.45, 7) is 1.99. The first-order valence-corrected chi connectivity index (χ1v) is 12.2. The van der Waals surface area contributed by atoms with Crippen LogP contribution in [0.3, 0.4) is 0 Å². The Morgan fingerprint density at radius 2 is 1.78 bits per heavy atom. The predicted octanol–water partition coefficient (Wildman–Crippen LogP) is 4.80. The van der Waals surface area contributed by atoms with Gasteiger partial charge in [0.25, 0.3) is 5.69 Å². The first-order chi connectivity index (χ1) is 17.9. The molecule has 1 unspecified atom stereocenters. The zero-order chi connectivity index (χ0) is 26.2. The van der Waals surface area contributed by atoms with Crippen LogP contribution in [-0.4, -0.2) is 33.0 Å². The van der Waals surface area contributed by atoms with Crippen molar-refractivity contribution in [1.29, 1.82) is 0 Å². The summed E-state index contributed by atoms with van der Waals surface area (Å²) in [6.07, 6.45) is 3.08. The number of nitrogens with zero attached hydrogens (tertiary/aromatic N) is 3. The predicted molar refractivity (Wildman–Crippen MR) is 143 cm³/mol. The maximum atomic E-state index is 13.2. The fourth-order valence-corrected chi connectivity index (χ4v) is 4.26. The van der Waals surface area contributed by atoms with E-state index in [0.717, 1.165) is 16.7 Å². The van der Waals surface area contributed by atoms with Crippen LogP contribution in [0.2, 0.25) is 0 Å². The molecular formula is C27H23N5O4S. The van der Waals surface area contributed by atoms with E-state index in [0.29, 0.717) is 15.7 Å². The average molecular weight is 514 g/mol. The number of carbonyl (C=O) groups excluding carboxylic acids is 2. The van der Waals surface area contributed by atoms with Crippen molar-refractivity contribution in [3.8, 4) is 10.6 Å². The van der Waals surface area contributed by atoms with E-state index in [2.05, 4.69) is 20.8 Å². The molecule has 10 heteroatoms. The lowest BCUT2D eigenvalue weighted by Gasteiger charge is -2.17. The average Bonchev–Trinajstić information content (AvgIpc) is 3.36. The van der Waals surface area contributed by atoms with Crippen LogP contribution >= 0.6 is 11.3 Å². The van der Waals surface area contributed by atoms with Gasteiger partial charge in [0.15, 0.2) is 0 Å². The van der Waals surface area contributed by atoms with Crippen LogP contribution in [0.5, 0.6) is 0 Å². The van der Waals surface area contributed by atoms with E-state index in [9.17, 15) is 19.7 Å². The first-order valence-electron chi connectivity index (χ1n) is 11.4. The molecule has 1 atom stereocenters. The Bertz CT molecular complexity index is 1430. The molecule has 0 saturated heterocycles. The van der Waals surface area contributed by atoms with Gasteiger partial charge in [-0.05, 0) is 42.3 Å². The van der Waals surface area contributed by atoms with Crippen LogP contribution in [0.1, 0.15) is 16.7 Å². The number of amides is 2. The van der Waals surface area contributed by atoms with Crippen LogP contribution < -0.4 is 10.6 Å². The number of nitrogens with one attached hydrogen (secondary N) is 2. The van der Waals surface area contributed by atoms with Gasteiger partial charge in [0.2, 0.25) is 16.9 Å². The second-order valence-electron chi connectivity index (χ2n) is 8.20. The van der Waals surface area contributed by atoms with Gasteiger partial charge in [0.1, 0.15) is 11.0 Å². The summed E-state index contributed by atoms with van der Waals surface area (Å²) in [5.41, 5.74) is 3.44. The third kappa shape index (κ3) is 7.15. The highest BCUT2D eigenvalue weighted by Crippen LogP contribution is 2.27. The molecule has 0 radical (unpaired) electrons. The number of anilines is 1. The molecule has 3 aromatic carbocycles. The number of aromatic nitrogens is 2. The van der Waals surface area contributed by atoms with Crippen LogP contribution in [0, 0.1) is 17.0 Å². The SMILES string of the molecule is Cc1cccc(-c2nnc(NC(=O)C(Cc3ccccc3)NC(=O)/C=C/c3ccc([N+](=O)[O-])cc3)s2)c1. The summed E-state index contributed by atoms with van der Waals surface area (Å²) in [6, 6.07) is 22.1. The highest BCUT2D eigenvalue weighted by Gasteiger charge is 2.22. The van der Waals surface area contributed by atoms with Crippen molar-refractivity contribution < 1.29 is 14.5 Å². The summed E-state index contributed by atoms with van der Waals surface area (Å²) >= 11 is 1.25. The Labute approximate surface area is 217 Å². The fourth-order valence-electron chi connectivity index (χ4n) is 3.52. The maximum Gasteiger partial charge on any atom is 0.269 e. The van der Waals surface area contributed by atoms with E-state index in [1.807, 2.05) is 61.5 Å². The number of nitro benzene ring substituents is 1. The topological polar surface area (TPSA) is 127 Å². The Morgan fingerprint density at radius 1 is 1.03 bits per heavy atom. The minimum atomic E-state index is -0.872. The number of carbonyl (C=O) groups is 2. The normalized spacial score (nSPS) is 11.7. The van der Waals surface area contributed by atoms with E-state index in [-0.39, 0.29) is 12.1 Å². The Hall–Kier alpha value is -4.70. The molecule has 0 saturated carbocycles. The van der Waals surface area contributed by atoms with E-state index in [4.69, 9.17) is 0 Å². The van der Waals surface area contributed by atoms with Crippen LogP contribution in [-0.2, 0) is 16.0 Å². The second-order valence-corrected chi connectivity index (χ2v) is 9.18. The molecule has 1 heterocycles. The molecule has 37 heavy (non-hydrogen) atoms. The molecule has 0 aliphatic heterocycles. The minimum Gasteiger partial charge on any atom is -0.340 e. The summed E-state index contributed by atoms with van der Waals surface area (Å²) in [5.74, 6) is -0.903. The summed E-state index contributed by atoms with van der Waals surface area (Å²) in [7, 11) is 0. The molecule has 0 spiro atoms. The van der Waals surface area contributed by atoms with Gasteiger partial charge in [-0.15, -0.1) is 10.2 Å². The number of hydrogen-bond acceptors (Lipinski definition) is 7. The molecule has 186 valence electrons. The van der Waals surface area contributed by atoms with Crippen molar-refractivity contribution in [2.45, 2.75) is 19.4 Å². The highest BCUT2D eigenvalue weighted by atomic mass is 32.1. The van der Waals surface area contributed by atoms with Gasteiger partial charge >= 0.3 is 0 Å². The van der Waals surface area contributed by atoms with E-state index in [1.54, 1.807) is 0 Å². The number of hydrogen-bond donors (Lipinski definition) is 2. The second kappa shape index (κ2) is 11.8. The summed E-state index contributed by atoms with van der Waals surface area (Å²) < 4.78 is 0. The lowest BCUT2D eigenvalue weighted by molar-refractivity contribution is -0.384. The molecular weight excluding hydrogens is 490 g/mol. The molecule has 4 aromatic rings. The van der Waals surface area contributed by atoms with Crippen molar-refractivity contribution in [2.75, 3.05) is 5.32 Å². The maximum absolute atomic E-state index is 13.2. The van der Waals surface area contributed by atoms with Gasteiger partial charge in [-0.3, -0.25) is 25.0 Å². The molecule has 0 fully saturated rings. The zero-order valence-corrected chi connectivity index (χ0v) is 20.6. The van der Waals surface area contributed by atoms with Crippen molar-refractivity contribution in [1.82, 2.24) is 15.5 Å². The largest absolute Gasteiger partial charge is 0.340 e. The number of nitro groups is 1. The summed E-state index contributed by atoms with van der Waals surface area (Å²) in [5, 5.41) is 25.6. The zero-order valence-electron chi connectivity index (χ0n) is 19.8. The van der Waals surface area contributed by atoms with Gasteiger partial charge in [0.05, 0.1) is 4.92 Å².